The van der Waals surface area contributed by atoms with E-state index in [1.807, 2.05) is 38.2 Å². The molecular formula is C23H31N5O4S. The lowest BCUT2D eigenvalue weighted by Gasteiger charge is -2.21. The summed E-state index contributed by atoms with van der Waals surface area (Å²) < 4.78 is 35.3. The summed E-state index contributed by atoms with van der Waals surface area (Å²) in [5.41, 5.74) is 3.15. The highest BCUT2D eigenvalue weighted by molar-refractivity contribution is 7.92. The average Bonchev–Trinajstić information content (AvgIpc) is 3.39. The van der Waals surface area contributed by atoms with Crippen molar-refractivity contribution in [2.45, 2.75) is 65.5 Å². The Morgan fingerprint density at radius 2 is 2.03 bits per heavy atom. The van der Waals surface area contributed by atoms with Gasteiger partial charge in [-0.25, -0.2) is 8.42 Å². The molecule has 0 radical (unpaired) electrons. The summed E-state index contributed by atoms with van der Waals surface area (Å²) in [4.78, 5) is 11.4. The van der Waals surface area contributed by atoms with Gasteiger partial charge in [-0.3, -0.25) is 14.2 Å². The van der Waals surface area contributed by atoms with E-state index < -0.39 is 10.0 Å². The number of nitrogens with zero attached hydrogens (tertiary/aromatic N) is 3. The zero-order valence-corrected chi connectivity index (χ0v) is 20.0. The van der Waals surface area contributed by atoms with Crippen molar-refractivity contribution in [3.63, 3.8) is 0 Å². The van der Waals surface area contributed by atoms with Gasteiger partial charge in [-0.05, 0) is 48.9 Å². The van der Waals surface area contributed by atoms with Crippen molar-refractivity contribution < 1.29 is 17.7 Å². The van der Waals surface area contributed by atoms with Crippen LogP contribution in [-0.2, 0) is 27.9 Å². The number of sulfonamides is 1. The zero-order chi connectivity index (χ0) is 23.4. The lowest BCUT2D eigenvalue weighted by Crippen LogP contribution is -2.24. The molecule has 1 amide bonds. The van der Waals surface area contributed by atoms with E-state index in [1.54, 1.807) is 4.68 Å². The third kappa shape index (κ3) is 5.93. The topological polar surface area (TPSA) is 119 Å². The highest BCUT2D eigenvalue weighted by Crippen LogP contribution is 2.30. The molecule has 0 unspecified atom stereocenters. The number of benzene rings is 1. The molecule has 33 heavy (non-hydrogen) atoms. The summed E-state index contributed by atoms with van der Waals surface area (Å²) in [6.07, 6.45) is 7.61. The van der Waals surface area contributed by atoms with Gasteiger partial charge in [0.05, 0.1) is 29.9 Å². The van der Waals surface area contributed by atoms with Crippen molar-refractivity contribution in [3.8, 4) is 0 Å². The first-order valence-corrected chi connectivity index (χ1v) is 13.2. The van der Waals surface area contributed by atoms with Gasteiger partial charge in [0, 0.05) is 12.6 Å². The number of amides is 1. The van der Waals surface area contributed by atoms with Crippen molar-refractivity contribution in [1.29, 1.82) is 0 Å². The Bertz CT molecular complexity index is 1220. The molecule has 1 fully saturated rings. The van der Waals surface area contributed by atoms with Crippen molar-refractivity contribution in [2.75, 3.05) is 10.5 Å². The van der Waals surface area contributed by atoms with Crippen LogP contribution in [0.15, 0.2) is 28.9 Å². The molecule has 1 aliphatic rings. The number of rotatable bonds is 9. The van der Waals surface area contributed by atoms with Gasteiger partial charge in [0.15, 0.2) is 11.4 Å². The Morgan fingerprint density at radius 3 is 2.79 bits per heavy atom. The highest BCUT2D eigenvalue weighted by atomic mass is 32.2. The second-order valence-electron chi connectivity index (χ2n) is 8.84. The minimum absolute atomic E-state index is 0.0129. The second kappa shape index (κ2) is 9.94. The Labute approximate surface area is 194 Å². The van der Waals surface area contributed by atoms with Gasteiger partial charge in [-0.1, -0.05) is 37.4 Å². The molecule has 4 rings (SSSR count). The number of carbonyl (C=O) groups is 1. The van der Waals surface area contributed by atoms with Crippen LogP contribution in [0.2, 0.25) is 0 Å². The molecular weight excluding hydrogens is 442 g/mol. The molecule has 1 saturated carbocycles. The van der Waals surface area contributed by atoms with Crippen molar-refractivity contribution in [3.05, 3.63) is 41.2 Å². The van der Waals surface area contributed by atoms with Crippen molar-refractivity contribution in [1.82, 2.24) is 20.3 Å². The maximum atomic E-state index is 12.7. The summed E-state index contributed by atoms with van der Waals surface area (Å²) in [5, 5.41) is 12.0. The number of carbonyl (C=O) groups excluding carboxylic acids is 1. The Kier molecular flexibility index (Phi) is 7.02. The second-order valence-corrected chi connectivity index (χ2v) is 10.6. The van der Waals surface area contributed by atoms with Crippen LogP contribution in [0.4, 0.5) is 5.82 Å². The molecule has 1 aliphatic carbocycles. The van der Waals surface area contributed by atoms with E-state index in [0.29, 0.717) is 30.5 Å². The molecule has 2 N–H and O–H groups in total. The molecule has 3 aromatic rings. The number of fused-ring (bicyclic) bond motifs is 1. The van der Waals surface area contributed by atoms with Crippen molar-refractivity contribution >= 4 is 32.7 Å². The number of hydrogen-bond acceptors (Lipinski definition) is 6. The Hall–Kier alpha value is -2.88. The average molecular weight is 474 g/mol. The summed E-state index contributed by atoms with van der Waals surface area (Å²) in [7, 11) is -3.50. The lowest BCUT2D eigenvalue weighted by atomic mass is 9.91. The number of anilines is 1. The number of nitrogens with one attached hydrogen (secondary N) is 2. The smallest absolute Gasteiger partial charge is 0.234 e. The molecule has 0 saturated heterocycles. The van der Waals surface area contributed by atoms with Crippen LogP contribution < -0.4 is 10.0 Å². The minimum atomic E-state index is -3.50. The molecule has 1 aromatic carbocycles. The van der Waals surface area contributed by atoms with Crippen LogP contribution >= 0.6 is 0 Å². The first kappa shape index (κ1) is 23.3. The largest absolute Gasteiger partial charge is 0.354 e. The van der Waals surface area contributed by atoms with Gasteiger partial charge in [-0.2, -0.15) is 5.10 Å². The van der Waals surface area contributed by atoms with Gasteiger partial charge in [0.1, 0.15) is 0 Å². The Morgan fingerprint density at radius 1 is 1.24 bits per heavy atom. The quantitative estimate of drug-likeness (QED) is 0.489. The van der Waals surface area contributed by atoms with Crippen LogP contribution in [0.1, 0.15) is 62.3 Å². The van der Waals surface area contributed by atoms with E-state index in [0.717, 1.165) is 42.5 Å². The third-order valence-corrected chi connectivity index (χ3v) is 7.51. The number of hydrogen-bond donors (Lipinski definition) is 2. The molecule has 0 atom stereocenters. The molecule has 2 heterocycles. The monoisotopic (exact) mass is 473 g/mol. The fourth-order valence-electron chi connectivity index (χ4n) is 4.44. The van der Waals surface area contributed by atoms with Crippen LogP contribution in [-0.4, -0.2) is 35.0 Å². The Balaban J connectivity index is 1.45. The van der Waals surface area contributed by atoms with Gasteiger partial charge in [0.25, 0.3) is 0 Å². The first-order valence-electron chi connectivity index (χ1n) is 11.5. The van der Waals surface area contributed by atoms with Crippen LogP contribution in [0.5, 0.6) is 0 Å². The van der Waals surface area contributed by atoms with Crippen LogP contribution in [0.3, 0.4) is 0 Å². The van der Waals surface area contributed by atoms with E-state index in [4.69, 9.17) is 4.52 Å². The van der Waals surface area contributed by atoms with E-state index in [1.165, 1.54) is 6.42 Å². The molecule has 2 aromatic heterocycles. The predicted octanol–water partition coefficient (Wildman–Crippen LogP) is 3.73. The van der Waals surface area contributed by atoms with Gasteiger partial charge < -0.3 is 9.84 Å². The van der Waals surface area contributed by atoms with E-state index in [9.17, 15) is 13.2 Å². The SMILES string of the molecule is CCC(=O)NCc1ccn(Cc2cc(C)c3c(NS(=O)(=O)CC4CCCCC4)noc3c2)n1. The summed E-state index contributed by atoms with van der Waals surface area (Å²) in [6, 6.07) is 5.71. The predicted molar refractivity (Wildman–Crippen MR) is 126 cm³/mol. The van der Waals surface area contributed by atoms with Gasteiger partial charge in [-0.15, -0.1) is 0 Å². The standard InChI is InChI=1S/C23H31N5O4S/c1-3-21(29)24-13-19-9-10-28(25-19)14-18-11-16(2)22-20(12-18)32-26-23(22)27-33(30,31)15-17-7-5-4-6-8-17/h9-12,17H,3-8,13-15H2,1-2H3,(H,24,29)(H,26,27). The van der Waals surface area contributed by atoms with Crippen molar-refractivity contribution in [2.24, 2.45) is 5.92 Å². The minimum Gasteiger partial charge on any atom is -0.354 e. The third-order valence-electron chi connectivity index (χ3n) is 6.09. The van der Waals surface area contributed by atoms with E-state index in [-0.39, 0.29) is 23.4 Å². The summed E-state index contributed by atoms with van der Waals surface area (Å²) in [6.45, 7) is 4.63. The van der Waals surface area contributed by atoms with E-state index >= 15 is 0 Å². The number of aromatic nitrogens is 3. The zero-order valence-electron chi connectivity index (χ0n) is 19.1. The normalized spacial score (nSPS) is 15.1. The molecule has 9 nitrogen and oxygen atoms in total. The molecule has 0 aliphatic heterocycles. The van der Waals surface area contributed by atoms with Gasteiger partial charge >= 0.3 is 0 Å². The van der Waals surface area contributed by atoms with Gasteiger partial charge in [0.2, 0.25) is 15.9 Å². The van der Waals surface area contributed by atoms with Crippen LogP contribution in [0, 0.1) is 12.8 Å². The highest BCUT2D eigenvalue weighted by Gasteiger charge is 2.24. The fourth-order valence-corrected chi connectivity index (χ4v) is 5.92. The summed E-state index contributed by atoms with van der Waals surface area (Å²) >= 11 is 0. The maximum absolute atomic E-state index is 12.7. The molecule has 0 bridgehead atoms. The fraction of sp³-hybridized carbons (Fsp3) is 0.522. The van der Waals surface area contributed by atoms with Crippen LogP contribution in [0.25, 0.3) is 11.0 Å². The first-order chi connectivity index (χ1) is 15.8. The maximum Gasteiger partial charge on any atom is 0.234 e. The lowest BCUT2D eigenvalue weighted by molar-refractivity contribution is -0.120. The van der Waals surface area contributed by atoms with E-state index in [2.05, 4.69) is 20.3 Å². The molecule has 10 heteroatoms. The molecule has 0 spiro atoms. The number of aryl methyl sites for hydroxylation is 1. The molecule has 178 valence electrons. The summed E-state index contributed by atoms with van der Waals surface area (Å²) in [5.74, 6) is 0.564.